The van der Waals surface area contributed by atoms with Gasteiger partial charge in [0.15, 0.2) is 0 Å². The average Bonchev–Trinajstić information content (AvgIpc) is 3.29. The number of nitrogen functional groups attached to an aromatic ring is 1. The third-order valence-corrected chi connectivity index (χ3v) is 6.49. The summed E-state index contributed by atoms with van der Waals surface area (Å²) in [5.41, 5.74) is 5.50. The summed E-state index contributed by atoms with van der Waals surface area (Å²) in [7, 11) is -4.01. The van der Waals surface area contributed by atoms with Gasteiger partial charge in [0.05, 0.1) is 17.0 Å². The van der Waals surface area contributed by atoms with Crippen LogP contribution in [-0.4, -0.2) is 52.5 Å². The summed E-state index contributed by atoms with van der Waals surface area (Å²) in [5.74, 6) is -2.46. The fourth-order valence-corrected chi connectivity index (χ4v) is 4.50. The molecule has 190 valence electrons. The maximum absolute atomic E-state index is 13.2. The van der Waals surface area contributed by atoms with E-state index in [4.69, 9.17) is 21.1 Å². The number of oxime groups is 1. The van der Waals surface area contributed by atoms with Crippen molar-refractivity contribution in [3.8, 4) is 11.1 Å². The largest absolute Gasteiger partial charge is 0.481 e. The number of rotatable bonds is 8. The van der Waals surface area contributed by atoms with Gasteiger partial charge in [0.2, 0.25) is 21.6 Å². The zero-order valence-corrected chi connectivity index (χ0v) is 19.9. The highest BCUT2D eigenvalue weighted by molar-refractivity contribution is 7.89. The second-order valence-electron chi connectivity index (χ2n) is 8.16. The average molecular weight is 524 g/mol. The summed E-state index contributed by atoms with van der Waals surface area (Å²) in [4.78, 5) is 38.1. The Bertz CT molecular complexity index is 1540. The number of nitrogens with zero attached hydrogens (tertiary/aromatic N) is 3. The van der Waals surface area contributed by atoms with Gasteiger partial charge in [-0.2, -0.15) is 0 Å². The number of hydrogen-bond acceptors (Lipinski definition) is 9. The molecular weight excluding hydrogens is 502 g/mol. The summed E-state index contributed by atoms with van der Waals surface area (Å²) in [6, 6.07) is 12.6. The van der Waals surface area contributed by atoms with Crippen molar-refractivity contribution in [3.63, 3.8) is 0 Å². The molecule has 0 bridgehead atoms. The molecule has 0 radical (unpaired) electrons. The van der Waals surface area contributed by atoms with Crippen LogP contribution >= 0.6 is 0 Å². The molecule has 1 unspecified atom stereocenters. The molecule has 1 aliphatic heterocycles. The van der Waals surface area contributed by atoms with Crippen molar-refractivity contribution >= 4 is 39.4 Å². The summed E-state index contributed by atoms with van der Waals surface area (Å²) in [6.45, 7) is 0. The van der Waals surface area contributed by atoms with Gasteiger partial charge in [0, 0.05) is 41.1 Å². The fourth-order valence-electron chi connectivity index (χ4n) is 3.74. The monoisotopic (exact) mass is 523 g/mol. The molecule has 0 saturated carbocycles. The van der Waals surface area contributed by atoms with Gasteiger partial charge in [-0.25, -0.2) is 23.5 Å². The van der Waals surface area contributed by atoms with Crippen molar-refractivity contribution in [2.24, 2.45) is 16.0 Å². The van der Waals surface area contributed by atoms with Crippen LogP contribution in [0.4, 0.5) is 5.95 Å². The Morgan fingerprint density at radius 3 is 2.46 bits per heavy atom. The number of benzene rings is 2. The molecule has 3 aromatic rings. The zero-order valence-electron chi connectivity index (χ0n) is 19.1. The minimum Gasteiger partial charge on any atom is -0.481 e. The first-order chi connectivity index (χ1) is 17.5. The number of carboxylic acid groups (broad SMARTS) is 1. The van der Waals surface area contributed by atoms with Crippen molar-refractivity contribution < 1.29 is 28.0 Å². The quantitative estimate of drug-likeness (QED) is 0.210. The number of sulfonamides is 1. The lowest BCUT2D eigenvalue weighted by Crippen LogP contribution is -2.45. The molecule has 2 heterocycles. The fraction of sp³-hybridized carbons (Fsp3) is 0.130. The first-order valence-electron chi connectivity index (χ1n) is 10.7. The normalized spacial score (nSPS) is 16.9. The van der Waals surface area contributed by atoms with Crippen LogP contribution in [0.15, 0.2) is 71.0 Å². The molecule has 37 heavy (non-hydrogen) atoms. The van der Waals surface area contributed by atoms with Gasteiger partial charge in [-0.1, -0.05) is 41.6 Å². The van der Waals surface area contributed by atoms with Gasteiger partial charge < -0.3 is 15.7 Å². The maximum atomic E-state index is 13.2. The van der Waals surface area contributed by atoms with E-state index in [-0.39, 0.29) is 28.7 Å². The van der Waals surface area contributed by atoms with Gasteiger partial charge in [-0.3, -0.25) is 20.3 Å². The van der Waals surface area contributed by atoms with Crippen LogP contribution in [0.1, 0.15) is 24.0 Å². The van der Waals surface area contributed by atoms with E-state index in [0.717, 1.165) is 0 Å². The smallest absolute Gasteiger partial charge is 0.308 e. The minimum absolute atomic E-state index is 0.117. The first-order valence-corrected chi connectivity index (χ1v) is 12.2. The van der Waals surface area contributed by atoms with Crippen molar-refractivity contribution in [2.45, 2.75) is 23.3 Å². The molecule has 0 fully saturated rings. The Hall–Kier alpha value is -4.69. The van der Waals surface area contributed by atoms with Crippen LogP contribution in [-0.2, 0) is 24.4 Å². The van der Waals surface area contributed by atoms with Crippen LogP contribution in [0.3, 0.4) is 0 Å². The molecule has 1 aromatic heterocycles. The van der Waals surface area contributed by atoms with Gasteiger partial charge in [-0.05, 0) is 12.1 Å². The summed E-state index contributed by atoms with van der Waals surface area (Å²) >= 11 is 0. The Labute approximate surface area is 210 Å². The lowest BCUT2D eigenvalue weighted by atomic mass is 9.89. The zero-order chi connectivity index (χ0) is 26.8. The number of amidine groups is 1. The second kappa shape index (κ2) is 9.75. The molecule has 0 aliphatic carbocycles. The number of primary sulfonamides is 1. The van der Waals surface area contributed by atoms with E-state index in [9.17, 15) is 23.1 Å². The summed E-state index contributed by atoms with van der Waals surface area (Å²) in [6.07, 6.45) is 1.72. The molecule has 1 atom stereocenters. The molecule has 13 nitrogen and oxygen atoms in total. The number of nitrogens with two attached hydrogens (primary N) is 2. The molecular formula is C23H21N7O6S. The number of carbonyl (C=O) groups excluding carboxylic acids is 1. The highest BCUT2D eigenvalue weighted by Gasteiger charge is 2.49. The number of aromatic nitrogens is 2. The number of anilines is 1. The topological polar surface area (TPSA) is 224 Å². The Morgan fingerprint density at radius 2 is 1.81 bits per heavy atom. The Kier molecular flexibility index (Phi) is 6.70. The highest BCUT2D eigenvalue weighted by atomic mass is 32.2. The molecule has 1 amide bonds. The van der Waals surface area contributed by atoms with Crippen LogP contribution in [0.5, 0.6) is 0 Å². The van der Waals surface area contributed by atoms with Crippen molar-refractivity contribution in [1.29, 1.82) is 5.41 Å². The Morgan fingerprint density at radius 1 is 1.11 bits per heavy atom. The molecule has 4 rings (SSSR count). The molecule has 14 heteroatoms. The second-order valence-corrected chi connectivity index (χ2v) is 9.69. The molecule has 7 N–H and O–H groups in total. The predicted octanol–water partition coefficient (Wildman–Crippen LogP) is 1.05. The van der Waals surface area contributed by atoms with E-state index < -0.39 is 33.9 Å². The van der Waals surface area contributed by atoms with Crippen LogP contribution in [0.25, 0.3) is 11.1 Å². The number of hydrogen-bond donors (Lipinski definition) is 5. The van der Waals surface area contributed by atoms with Crippen molar-refractivity contribution in [1.82, 2.24) is 9.97 Å². The van der Waals surface area contributed by atoms with Crippen molar-refractivity contribution in [3.05, 3.63) is 72.1 Å². The van der Waals surface area contributed by atoms with E-state index in [0.29, 0.717) is 22.4 Å². The number of nitrogens with one attached hydrogen (secondary N) is 2. The lowest BCUT2D eigenvalue weighted by Gasteiger charge is -2.23. The number of amides is 1. The molecule has 2 aromatic carbocycles. The standard InChI is InChI=1S/C23H21N7O6S/c24-20(25)14-5-3-4-13(8-14)17-9-23(36-30-17,10-19(31)32)21(33)29-22-27-11-15(12-28-22)16-6-1-2-7-18(16)37(26,34)35/h1-8,11-12H,9-10H2,(H3,24,25)(H,31,32)(H2,26,34,35)(H,27,28,29,33). The Balaban J connectivity index is 1.56. The van der Waals surface area contributed by atoms with E-state index in [2.05, 4.69) is 20.4 Å². The third-order valence-electron chi connectivity index (χ3n) is 5.52. The third kappa shape index (κ3) is 5.44. The molecule has 1 aliphatic rings. The SMILES string of the molecule is N=C(N)c1cccc(C2=NOC(CC(=O)O)(C(=O)Nc3ncc(-c4ccccc4S(N)(=O)=O)cn3)C2)c1. The van der Waals surface area contributed by atoms with Crippen LogP contribution < -0.4 is 16.2 Å². The molecule has 0 saturated heterocycles. The van der Waals surface area contributed by atoms with Crippen LogP contribution in [0.2, 0.25) is 0 Å². The molecule has 0 spiro atoms. The summed E-state index contributed by atoms with van der Waals surface area (Å²) in [5, 5.41) is 28.7. The van der Waals surface area contributed by atoms with E-state index in [1.54, 1.807) is 30.3 Å². The number of carboxylic acids is 1. The lowest BCUT2D eigenvalue weighted by molar-refractivity contribution is -0.152. The summed E-state index contributed by atoms with van der Waals surface area (Å²) < 4.78 is 23.8. The first kappa shape index (κ1) is 25.4. The van der Waals surface area contributed by atoms with Gasteiger partial charge in [0.25, 0.3) is 5.91 Å². The van der Waals surface area contributed by atoms with Gasteiger partial charge >= 0.3 is 5.97 Å². The van der Waals surface area contributed by atoms with Crippen molar-refractivity contribution in [2.75, 3.05) is 5.32 Å². The van der Waals surface area contributed by atoms with E-state index in [1.807, 2.05) is 0 Å². The maximum Gasteiger partial charge on any atom is 0.308 e. The number of aliphatic carboxylic acids is 1. The highest BCUT2D eigenvalue weighted by Crippen LogP contribution is 2.32. The van der Waals surface area contributed by atoms with Crippen LogP contribution in [0, 0.1) is 5.41 Å². The predicted molar refractivity (Wildman–Crippen MR) is 132 cm³/mol. The van der Waals surface area contributed by atoms with Gasteiger partial charge in [0.1, 0.15) is 5.84 Å². The van der Waals surface area contributed by atoms with E-state index in [1.165, 1.54) is 30.6 Å². The minimum atomic E-state index is -4.01. The van der Waals surface area contributed by atoms with E-state index >= 15 is 0 Å². The van der Waals surface area contributed by atoms with Gasteiger partial charge in [-0.15, -0.1) is 0 Å². The number of carbonyl (C=O) groups is 2.